The van der Waals surface area contributed by atoms with Gasteiger partial charge in [-0.25, -0.2) is 10.2 Å². The van der Waals surface area contributed by atoms with Gasteiger partial charge in [-0.3, -0.25) is 0 Å². The smallest absolute Gasteiger partial charge is 0.427 e. The van der Waals surface area contributed by atoms with Gasteiger partial charge in [0.25, 0.3) is 0 Å². The number of hydrogen-bond donors (Lipinski definition) is 1. The third-order valence-corrected chi connectivity index (χ3v) is 1.83. The summed E-state index contributed by atoms with van der Waals surface area (Å²) in [6.07, 6.45) is 3.15. The van der Waals surface area contributed by atoms with E-state index in [4.69, 9.17) is 0 Å². The molecular formula is C12H14N2O2. The summed E-state index contributed by atoms with van der Waals surface area (Å²) in [5, 5.41) is 3.82. The van der Waals surface area contributed by atoms with Crippen LogP contribution < -0.4 is 5.43 Å². The molecule has 1 aromatic rings. The second-order valence-electron chi connectivity index (χ2n) is 3.10. The number of carbonyl (C=O) groups excluding carboxylic acids is 1. The zero-order valence-corrected chi connectivity index (χ0v) is 9.31. The Hall–Kier alpha value is -2.10. The first-order chi connectivity index (χ1) is 7.72. The lowest BCUT2D eigenvalue weighted by molar-refractivity contribution is 0.171. The number of ether oxygens (including phenoxy) is 1. The van der Waals surface area contributed by atoms with Gasteiger partial charge in [0.1, 0.15) is 0 Å². The highest BCUT2D eigenvalue weighted by Gasteiger charge is 1.93. The average molecular weight is 218 g/mol. The molecule has 0 fully saturated rings. The zero-order chi connectivity index (χ0) is 11.8. The number of hydrazone groups is 1. The third-order valence-electron chi connectivity index (χ3n) is 1.83. The molecule has 0 spiro atoms. The minimum absolute atomic E-state index is 0.576. The highest BCUT2D eigenvalue weighted by molar-refractivity contribution is 5.96. The second kappa shape index (κ2) is 6.40. The van der Waals surface area contributed by atoms with Crippen LogP contribution in [0.2, 0.25) is 0 Å². The maximum absolute atomic E-state index is 10.7. The summed E-state index contributed by atoms with van der Waals surface area (Å²) in [6, 6.07) is 9.84. The summed E-state index contributed by atoms with van der Waals surface area (Å²) in [5.74, 6) is 0. The predicted octanol–water partition coefficient (Wildman–Crippen LogP) is 2.43. The summed E-state index contributed by atoms with van der Waals surface area (Å²) in [7, 11) is 1.29. The Kier molecular flexibility index (Phi) is 4.79. The third kappa shape index (κ3) is 4.41. The number of nitrogens with zero attached hydrogens (tertiary/aromatic N) is 1. The quantitative estimate of drug-likeness (QED) is 0.625. The fourth-order valence-corrected chi connectivity index (χ4v) is 0.998. The number of nitrogens with one attached hydrogen (secondary N) is 1. The van der Waals surface area contributed by atoms with Gasteiger partial charge >= 0.3 is 6.09 Å². The number of allylic oxidation sites excluding steroid dienone is 1. The van der Waals surface area contributed by atoms with E-state index >= 15 is 0 Å². The standard InChI is InChI=1S/C12H14N2O2/c1-10(13-14-12(15)16-2)8-9-11-6-4-3-5-7-11/h3-9H,1-2H3,(H,14,15)/b9-8+,13-10?. The fraction of sp³-hybridized carbons (Fsp3) is 0.167. The van der Waals surface area contributed by atoms with Gasteiger partial charge in [0.05, 0.1) is 12.8 Å². The minimum atomic E-state index is -0.576. The molecule has 0 saturated heterocycles. The predicted molar refractivity (Wildman–Crippen MR) is 64.1 cm³/mol. The first kappa shape index (κ1) is 12.0. The van der Waals surface area contributed by atoms with Crippen LogP contribution in [0.5, 0.6) is 0 Å². The van der Waals surface area contributed by atoms with Crippen molar-refractivity contribution in [3.05, 3.63) is 42.0 Å². The number of hydrogen-bond acceptors (Lipinski definition) is 3. The van der Waals surface area contributed by atoms with E-state index in [-0.39, 0.29) is 0 Å². The van der Waals surface area contributed by atoms with Gasteiger partial charge in [-0.05, 0) is 18.6 Å². The fourth-order valence-electron chi connectivity index (χ4n) is 0.998. The maximum Gasteiger partial charge on any atom is 0.427 e. The van der Waals surface area contributed by atoms with Gasteiger partial charge in [0.15, 0.2) is 0 Å². The molecule has 0 aliphatic heterocycles. The molecule has 84 valence electrons. The molecule has 0 saturated carbocycles. The Morgan fingerprint density at radius 2 is 2.06 bits per heavy atom. The molecule has 16 heavy (non-hydrogen) atoms. The number of methoxy groups -OCH3 is 1. The van der Waals surface area contributed by atoms with Crippen molar-refractivity contribution in [1.29, 1.82) is 0 Å². The Bertz CT molecular complexity index is 397. The Balaban J connectivity index is 2.54. The number of amides is 1. The average Bonchev–Trinajstić information content (AvgIpc) is 2.34. The SMILES string of the molecule is COC(=O)NN=C(C)/C=C/c1ccccc1. The first-order valence-corrected chi connectivity index (χ1v) is 4.84. The molecule has 4 heteroatoms. The normalized spacial score (nSPS) is 11.5. The van der Waals surface area contributed by atoms with Crippen molar-refractivity contribution in [1.82, 2.24) is 5.43 Å². The van der Waals surface area contributed by atoms with Crippen LogP contribution in [0.3, 0.4) is 0 Å². The molecule has 1 amide bonds. The van der Waals surface area contributed by atoms with E-state index in [1.165, 1.54) is 7.11 Å². The molecular weight excluding hydrogens is 204 g/mol. The van der Waals surface area contributed by atoms with Gasteiger partial charge in [-0.2, -0.15) is 5.10 Å². The number of carbonyl (C=O) groups is 1. The van der Waals surface area contributed by atoms with Crippen LogP contribution in [0.1, 0.15) is 12.5 Å². The number of benzene rings is 1. The Morgan fingerprint density at radius 3 is 2.69 bits per heavy atom. The van der Waals surface area contributed by atoms with E-state index in [0.717, 1.165) is 5.56 Å². The van der Waals surface area contributed by atoms with E-state index in [1.807, 2.05) is 42.5 Å². The van der Waals surface area contributed by atoms with Crippen molar-refractivity contribution in [3.63, 3.8) is 0 Å². The summed E-state index contributed by atoms with van der Waals surface area (Å²) in [5.41, 5.74) is 4.01. The van der Waals surface area contributed by atoms with Crippen molar-refractivity contribution in [2.75, 3.05) is 7.11 Å². The second-order valence-corrected chi connectivity index (χ2v) is 3.10. The molecule has 1 aromatic carbocycles. The lowest BCUT2D eigenvalue weighted by atomic mass is 10.2. The zero-order valence-electron chi connectivity index (χ0n) is 9.31. The van der Waals surface area contributed by atoms with Crippen LogP contribution in [0, 0.1) is 0 Å². The Labute approximate surface area is 94.6 Å². The molecule has 0 bridgehead atoms. The van der Waals surface area contributed by atoms with E-state index in [1.54, 1.807) is 6.92 Å². The molecule has 0 heterocycles. The van der Waals surface area contributed by atoms with Crippen LogP contribution in [0.25, 0.3) is 6.08 Å². The minimum Gasteiger partial charge on any atom is -0.452 e. The molecule has 0 atom stereocenters. The molecule has 1 N–H and O–H groups in total. The van der Waals surface area contributed by atoms with Gasteiger partial charge < -0.3 is 4.74 Å². The number of rotatable bonds is 3. The van der Waals surface area contributed by atoms with Crippen LogP contribution in [-0.2, 0) is 4.74 Å². The van der Waals surface area contributed by atoms with E-state index in [2.05, 4.69) is 15.3 Å². The van der Waals surface area contributed by atoms with Crippen molar-refractivity contribution in [3.8, 4) is 0 Å². The Morgan fingerprint density at radius 1 is 1.38 bits per heavy atom. The van der Waals surface area contributed by atoms with Crippen LogP contribution in [0.4, 0.5) is 4.79 Å². The molecule has 0 aliphatic rings. The van der Waals surface area contributed by atoms with Crippen molar-refractivity contribution in [2.45, 2.75) is 6.92 Å². The maximum atomic E-state index is 10.7. The molecule has 0 aromatic heterocycles. The summed E-state index contributed by atoms with van der Waals surface area (Å²) < 4.78 is 4.38. The first-order valence-electron chi connectivity index (χ1n) is 4.84. The summed E-state index contributed by atoms with van der Waals surface area (Å²) >= 11 is 0. The molecule has 4 nitrogen and oxygen atoms in total. The monoisotopic (exact) mass is 218 g/mol. The van der Waals surface area contributed by atoms with Crippen LogP contribution in [0.15, 0.2) is 41.5 Å². The van der Waals surface area contributed by atoms with Gasteiger partial charge in [-0.15, -0.1) is 0 Å². The topological polar surface area (TPSA) is 50.7 Å². The van der Waals surface area contributed by atoms with Crippen LogP contribution >= 0.6 is 0 Å². The summed E-state index contributed by atoms with van der Waals surface area (Å²) in [4.78, 5) is 10.7. The molecule has 0 aliphatic carbocycles. The van der Waals surface area contributed by atoms with E-state index in [9.17, 15) is 4.79 Å². The van der Waals surface area contributed by atoms with Gasteiger partial charge in [0.2, 0.25) is 0 Å². The molecule has 0 radical (unpaired) electrons. The van der Waals surface area contributed by atoms with E-state index < -0.39 is 6.09 Å². The molecule has 1 rings (SSSR count). The molecule has 0 unspecified atom stereocenters. The van der Waals surface area contributed by atoms with Crippen molar-refractivity contribution in [2.24, 2.45) is 5.10 Å². The van der Waals surface area contributed by atoms with Crippen LogP contribution in [-0.4, -0.2) is 18.9 Å². The summed E-state index contributed by atoms with van der Waals surface area (Å²) in [6.45, 7) is 1.79. The highest BCUT2D eigenvalue weighted by atomic mass is 16.5. The van der Waals surface area contributed by atoms with E-state index in [0.29, 0.717) is 5.71 Å². The largest absolute Gasteiger partial charge is 0.452 e. The van der Waals surface area contributed by atoms with Crippen molar-refractivity contribution < 1.29 is 9.53 Å². The lowest BCUT2D eigenvalue weighted by Gasteiger charge is -1.97. The highest BCUT2D eigenvalue weighted by Crippen LogP contribution is 2.00. The lowest BCUT2D eigenvalue weighted by Crippen LogP contribution is -2.17. The van der Waals surface area contributed by atoms with Gasteiger partial charge in [-0.1, -0.05) is 36.4 Å². The van der Waals surface area contributed by atoms with Gasteiger partial charge in [0, 0.05) is 0 Å². The van der Waals surface area contributed by atoms with Crippen molar-refractivity contribution >= 4 is 17.9 Å².